The van der Waals surface area contributed by atoms with E-state index in [0.29, 0.717) is 0 Å². The molecule has 0 saturated carbocycles. The fraction of sp³-hybridized carbons (Fsp3) is 0.750. The molecule has 0 unspecified atom stereocenters. The molecule has 0 spiro atoms. The Bertz CT molecular complexity index is 136. The topological polar surface area (TPSA) is 41.1 Å². The molecule has 2 N–H and O–H groups in total. The lowest BCUT2D eigenvalue weighted by molar-refractivity contribution is -0.122. The maximum atomic E-state index is 10.4. The Labute approximate surface area is 93.3 Å². The van der Waals surface area contributed by atoms with Crippen molar-refractivity contribution < 1.29 is 4.79 Å². The van der Waals surface area contributed by atoms with Gasteiger partial charge in [0.05, 0.1) is 0 Å². The van der Waals surface area contributed by atoms with Crippen molar-refractivity contribution >= 4 is 5.91 Å². The van der Waals surface area contributed by atoms with Gasteiger partial charge in [-0.3, -0.25) is 4.79 Å². The van der Waals surface area contributed by atoms with E-state index in [-0.39, 0.29) is 5.91 Å². The average Bonchev–Trinajstić information content (AvgIpc) is 2.36. The third kappa shape index (κ3) is 9.47. The van der Waals surface area contributed by atoms with Gasteiger partial charge in [-0.25, -0.2) is 0 Å². The summed E-state index contributed by atoms with van der Waals surface area (Å²) in [6.07, 6.45) is 7.19. The van der Waals surface area contributed by atoms with E-state index in [2.05, 4.69) is 23.8 Å². The Morgan fingerprint density at radius 1 is 0.867 bits per heavy atom. The maximum absolute atomic E-state index is 10.4. The van der Waals surface area contributed by atoms with E-state index in [1.165, 1.54) is 32.4 Å². The Balaban J connectivity index is 0.000000227. The fourth-order valence-corrected chi connectivity index (χ4v) is 1.53. The highest BCUT2D eigenvalue weighted by molar-refractivity contribution is 5.76. The smallest absolute Gasteiger partial charge is 0.219 e. The molecule has 3 nitrogen and oxygen atoms in total. The third-order valence-corrected chi connectivity index (χ3v) is 2.36. The normalized spacial score (nSPS) is 19.9. The minimum Gasteiger partial charge on any atom is -0.356 e. The molecule has 2 aliphatic rings. The Kier molecular flexibility index (Phi) is 10.6. The lowest BCUT2D eigenvalue weighted by atomic mass is 10.2. The highest BCUT2D eigenvalue weighted by atomic mass is 16.1. The van der Waals surface area contributed by atoms with Crippen LogP contribution in [0.1, 0.15) is 38.5 Å². The second-order valence-corrected chi connectivity index (χ2v) is 3.62. The van der Waals surface area contributed by atoms with Gasteiger partial charge < -0.3 is 10.6 Å². The molecule has 3 heteroatoms. The van der Waals surface area contributed by atoms with Crippen molar-refractivity contribution in [2.45, 2.75) is 38.5 Å². The first-order chi connectivity index (χ1) is 7.39. The highest BCUT2D eigenvalue weighted by Gasteiger charge is 2.04. The van der Waals surface area contributed by atoms with Gasteiger partial charge in [-0.1, -0.05) is 6.42 Å². The molecule has 0 aromatic carbocycles. The van der Waals surface area contributed by atoms with Crippen molar-refractivity contribution in [1.29, 1.82) is 0 Å². The maximum Gasteiger partial charge on any atom is 0.219 e. The van der Waals surface area contributed by atoms with Gasteiger partial charge in [-0.05, 0) is 38.8 Å². The highest BCUT2D eigenvalue weighted by Crippen LogP contribution is 1.98. The van der Waals surface area contributed by atoms with Gasteiger partial charge in [0.15, 0.2) is 0 Å². The monoisotopic (exact) mass is 212 g/mol. The molecule has 2 heterocycles. The predicted molar refractivity (Wildman–Crippen MR) is 64.8 cm³/mol. The number of carbonyl (C=O) groups is 1. The summed E-state index contributed by atoms with van der Waals surface area (Å²) in [5.41, 5.74) is 0. The van der Waals surface area contributed by atoms with Crippen molar-refractivity contribution in [1.82, 2.24) is 10.6 Å². The van der Waals surface area contributed by atoms with Crippen molar-refractivity contribution in [3.63, 3.8) is 0 Å². The van der Waals surface area contributed by atoms with Gasteiger partial charge in [0.2, 0.25) is 5.91 Å². The quantitative estimate of drug-likeness (QED) is 0.602. The second-order valence-electron chi connectivity index (χ2n) is 3.62. The summed E-state index contributed by atoms with van der Waals surface area (Å²) in [6, 6.07) is 0. The number of amides is 1. The first kappa shape index (κ1) is 14.2. The van der Waals surface area contributed by atoms with Crippen LogP contribution in [0.5, 0.6) is 0 Å². The van der Waals surface area contributed by atoms with Gasteiger partial charge in [0.25, 0.3) is 0 Å². The van der Waals surface area contributed by atoms with E-state index in [1.807, 2.05) is 0 Å². The van der Waals surface area contributed by atoms with E-state index >= 15 is 0 Å². The van der Waals surface area contributed by atoms with Crippen LogP contribution in [0.2, 0.25) is 0 Å². The van der Waals surface area contributed by atoms with E-state index in [9.17, 15) is 4.79 Å². The Morgan fingerprint density at radius 3 is 1.67 bits per heavy atom. The summed E-state index contributed by atoms with van der Waals surface area (Å²) in [6.45, 7) is 9.39. The molecular weight excluding hydrogens is 188 g/mol. The minimum absolute atomic E-state index is 0.214. The van der Waals surface area contributed by atoms with Crippen LogP contribution in [-0.4, -0.2) is 25.5 Å². The van der Waals surface area contributed by atoms with Crippen LogP contribution in [0.3, 0.4) is 0 Å². The molecular formula is C12H24N2O. The van der Waals surface area contributed by atoms with Gasteiger partial charge in [-0.2, -0.15) is 0 Å². The lowest BCUT2D eigenvalue weighted by Crippen LogP contribution is -2.28. The van der Waals surface area contributed by atoms with Gasteiger partial charge >= 0.3 is 0 Å². The largest absolute Gasteiger partial charge is 0.356 e. The van der Waals surface area contributed by atoms with Crippen LogP contribution < -0.4 is 10.6 Å². The van der Waals surface area contributed by atoms with Crippen molar-refractivity contribution in [2.75, 3.05) is 19.6 Å². The zero-order valence-corrected chi connectivity index (χ0v) is 9.69. The van der Waals surface area contributed by atoms with Crippen LogP contribution in [0.25, 0.3) is 0 Å². The summed E-state index contributed by atoms with van der Waals surface area (Å²) < 4.78 is 0. The fourth-order valence-electron chi connectivity index (χ4n) is 1.53. The molecule has 15 heavy (non-hydrogen) atoms. The summed E-state index contributed by atoms with van der Waals surface area (Å²) >= 11 is 0. The van der Waals surface area contributed by atoms with E-state index in [4.69, 9.17) is 0 Å². The molecule has 0 bridgehead atoms. The number of hydrogen-bond acceptors (Lipinski definition) is 2. The molecule has 0 atom stereocenters. The van der Waals surface area contributed by atoms with Crippen LogP contribution >= 0.6 is 0 Å². The molecule has 2 aliphatic heterocycles. The van der Waals surface area contributed by atoms with Gasteiger partial charge in [0, 0.05) is 13.0 Å². The molecule has 1 amide bonds. The van der Waals surface area contributed by atoms with E-state index in [0.717, 1.165) is 25.8 Å². The summed E-state index contributed by atoms with van der Waals surface area (Å²) in [5.74, 6) is 0.214. The first-order valence-corrected chi connectivity index (χ1v) is 5.87. The molecule has 88 valence electrons. The van der Waals surface area contributed by atoms with Crippen LogP contribution in [0, 0.1) is 0 Å². The van der Waals surface area contributed by atoms with Crippen molar-refractivity contribution in [2.24, 2.45) is 0 Å². The zero-order chi connectivity index (χ0) is 11.4. The van der Waals surface area contributed by atoms with E-state index in [1.54, 1.807) is 0 Å². The molecule has 2 saturated heterocycles. The van der Waals surface area contributed by atoms with Crippen LogP contribution in [-0.2, 0) is 4.79 Å². The summed E-state index contributed by atoms with van der Waals surface area (Å²) in [4.78, 5) is 10.4. The lowest BCUT2D eigenvalue weighted by Gasteiger charge is -2.08. The predicted octanol–water partition coefficient (Wildman–Crippen LogP) is 1.85. The molecule has 0 aromatic heterocycles. The van der Waals surface area contributed by atoms with Crippen LogP contribution in [0.4, 0.5) is 0 Å². The number of rotatable bonds is 0. The molecule has 2 rings (SSSR count). The van der Waals surface area contributed by atoms with Crippen LogP contribution in [0.15, 0.2) is 13.2 Å². The van der Waals surface area contributed by atoms with Crippen molar-refractivity contribution in [3.05, 3.63) is 13.2 Å². The molecule has 0 aliphatic carbocycles. The minimum atomic E-state index is 0.214. The second kappa shape index (κ2) is 11.2. The summed E-state index contributed by atoms with van der Waals surface area (Å²) in [5, 5.41) is 6.03. The number of nitrogens with one attached hydrogen (secondary N) is 2. The molecule has 2 fully saturated rings. The Hall–Kier alpha value is -0.830. The standard InChI is InChI=1S/C5H9NO.C5H11N.C2H4/c7-5-3-1-2-4-6-5;1-2-4-6-5-3-1;1-2/h1-4H2,(H,6,7);6H,1-5H2;1-2H2. The van der Waals surface area contributed by atoms with Crippen molar-refractivity contribution in [3.8, 4) is 0 Å². The zero-order valence-electron chi connectivity index (χ0n) is 9.69. The number of carbonyl (C=O) groups excluding carboxylic acids is 1. The van der Waals surface area contributed by atoms with Gasteiger partial charge in [0.1, 0.15) is 0 Å². The number of hydrogen-bond donors (Lipinski definition) is 2. The molecule has 0 radical (unpaired) electrons. The average molecular weight is 212 g/mol. The molecule has 0 aromatic rings. The van der Waals surface area contributed by atoms with E-state index < -0.39 is 0 Å². The SMILES string of the molecule is C1CCNCC1.C=C.O=C1CCCCN1. The third-order valence-electron chi connectivity index (χ3n) is 2.36. The first-order valence-electron chi connectivity index (χ1n) is 5.87. The number of piperidine rings is 2. The summed E-state index contributed by atoms with van der Waals surface area (Å²) in [7, 11) is 0. The Morgan fingerprint density at radius 2 is 1.47 bits per heavy atom. The van der Waals surface area contributed by atoms with Gasteiger partial charge in [-0.15, -0.1) is 13.2 Å².